The van der Waals surface area contributed by atoms with Gasteiger partial charge in [0, 0.05) is 17.5 Å². The van der Waals surface area contributed by atoms with Gasteiger partial charge in [0.15, 0.2) is 0 Å². The van der Waals surface area contributed by atoms with Gasteiger partial charge in [0.25, 0.3) is 0 Å². The fourth-order valence-electron chi connectivity index (χ4n) is 3.87. The van der Waals surface area contributed by atoms with E-state index in [1.54, 1.807) is 29.2 Å². The molecule has 156 valence electrons. The molecule has 1 fully saturated rings. The number of hydrogen-bond acceptors (Lipinski definition) is 3. The number of ether oxygens (including phenoxy) is 1. The predicted molar refractivity (Wildman–Crippen MR) is 112 cm³/mol. The predicted octanol–water partition coefficient (Wildman–Crippen LogP) is 5.37. The third-order valence-corrected chi connectivity index (χ3v) is 5.35. The Labute approximate surface area is 176 Å². The summed E-state index contributed by atoms with van der Waals surface area (Å²) in [7, 11) is 0. The van der Waals surface area contributed by atoms with E-state index in [-0.39, 0.29) is 5.82 Å². The van der Waals surface area contributed by atoms with E-state index < -0.39 is 29.8 Å². The fourth-order valence-corrected chi connectivity index (χ4v) is 4.00. The Bertz CT molecular complexity index is 850. The number of benzene rings is 2. The van der Waals surface area contributed by atoms with Crippen LogP contribution in [0.5, 0.6) is 0 Å². The van der Waals surface area contributed by atoms with Crippen molar-refractivity contribution in [3.8, 4) is 0 Å². The molecule has 0 aromatic heterocycles. The minimum Gasteiger partial charge on any atom is -0.444 e. The van der Waals surface area contributed by atoms with Crippen LogP contribution < -0.4 is 0 Å². The van der Waals surface area contributed by atoms with Crippen molar-refractivity contribution in [2.45, 2.75) is 57.3 Å². The Kier molecular flexibility index (Phi) is 6.49. The van der Waals surface area contributed by atoms with Gasteiger partial charge in [-0.1, -0.05) is 35.9 Å². The molecular weight excluding hydrogens is 393 g/mol. The van der Waals surface area contributed by atoms with Crippen LogP contribution in [0, 0.1) is 5.82 Å². The van der Waals surface area contributed by atoms with Crippen molar-refractivity contribution in [3.05, 3.63) is 70.5 Å². The van der Waals surface area contributed by atoms with Crippen molar-refractivity contribution < 1.29 is 19.0 Å². The monoisotopic (exact) mass is 419 g/mol. The Morgan fingerprint density at radius 3 is 2.52 bits per heavy atom. The summed E-state index contributed by atoms with van der Waals surface area (Å²) in [5.74, 6) is -0.875. The van der Waals surface area contributed by atoms with Crippen molar-refractivity contribution >= 4 is 17.7 Å². The van der Waals surface area contributed by atoms with E-state index >= 15 is 0 Å². The van der Waals surface area contributed by atoms with Crippen LogP contribution in [-0.2, 0) is 4.74 Å². The summed E-state index contributed by atoms with van der Waals surface area (Å²) in [6.07, 6.45) is 0.0678. The highest BCUT2D eigenvalue weighted by Gasteiger charge is 2.40. The first-order valence-electron chi connectivity index (χ1n) is 9.84. The molecule has 3 atom stereocenters. The molecule has 3 rings (SSSR count). The third kappa shape index (κ3) is 5.28. The van der Waals surface area contributed by atoms with Crippen LogP contribution in [-0.4, -0.2) is 40.4 Å². The molecule has 29 heavy (non-hydrogen) atoms. The molecule has 0 saturated carbocycles. The summed E-state index contributed by atoms with van der Waals surface area (Å²) in [5, 5.41) is 12.0. The zero-order chi connectivity index (χ0) is 21.2. The lowest BCUT2D eigenvalue weighted by molar-refractivity contribution is 0.00254. The van der Waals surface area contributed by atoms with Gasteiger partial charge in [-0.15, -0.1) is 0 Å². The van der Waals surface area contributed by atoms with Gasteiger partial charge in [-0.25, -0.2) is 9.18 Å². The molecule has 2 aromatic carbocycles. The molecule has 1 unspecified atom stereocenters. The first-order chi connectivity index (χ1) is 13.7. The topological polar surface area (TPSA) is 49.8 Å². The molecule has 1 aliphatic rings. The number of amides is 1. The van der Waals surface area contributed by atoms with Crippen molar-refractivity contribution in [1.82, 2.24) is 4.90 Å². The molecule has 1 saturated heterocycles. The normalized spacial score (nSPS) is 19.1. The number of aliphatic hydroxyl groups is 1. The van der Waals surface area contributed by atoms with Crippen molar-refractivity contribution in [2.75, 3.05) is 6.54 Å². The standard InChI is InChI=1S/C23H27ClFNO3/c1-23(2,3)29-22(28)26-13-5-8-19(26)21(27)20(15-9-11-17(24)12-10-15)16-6-4-7-18(25)14-16/h4,6-7,9-12,14,19-21,27H,5,8,13H2,1-3H3/t19?,20-,21+/m1/s1. The number of carbonyl (C=O) groups excluding carboxylic acids is 1. The van der Waals surface area contributed by atoms with Gasteiger partial charge in [0.05, 0.1) is 12.1 Å². The number of carbonyl (C=O) groups is 1. The van der Waals surface area contributed by atoms with Crippen LogP contribution in [0.25, 0.3) is 0 Å². The summed E-state index contributed by atoms with van der Waals surface area (Å²) in [5.41, 5.74) is 0.840. The molecule has 1 aliphatic heterocycles. The van der Waals surface area contributed by atoms with Gasteiger partial charge < -0.3 is 14.7 Å². The molecule has 2 aromatic rings. The highest BCUT2D eigenvalue weighted by Crippen LogP contribution is 2.35. The quantitative estimate of drug-likeness (QED) is 0.724. The highest BCUT2D eigenvalue weighted by atomic mass is 35.5. The molecular formula is C23H27ClFNO3. The second-order valence-electron chi connectivity index (χ2n) is 8.46. The zero-order valence-corrected chi connectivity index (χ0v) is 17.7. The number of hydrogen-bond donors (Lipinski definition) is 1. The van der Waals surface area contributed by atoms with Crippen LogP contribution in [0.1, 0.15) is 50.7 Å². The largest absolute Gasteiger partial charge is 0.444 e. The van der Waals surface area contributed by atoms with E-state index in [4.69, 9.17) is 16.3 Å². The van der Waals surface area contributed by atoms with Gasteiger partial charge in [-0.05, 0) is 69.0 Å². The SMILES string of the molecule is CC(C)(C)OC(=O)N1CCCC1[C@H](O)[C@H](c1ccc(Cl)cc1)c1cccc(F)c1. The average Bonchev–Trinajstić information content (AvgIpc) is 3.12. The molecule has 1 heterocycles. The van der Waals surface area contributed by atoms with E-state index in [9.17, 15) is 14.3 Å². The molecule has 0 spiro atoms. The maximum atomic E-state index is 14.0. The summed E-state index contributed by atoms with van der Waals surface area (Å²) >= 11 is 6.03. The molecule has 0 bridgehead atoms. The number of likely N-dealkylation sites (tertiary alicyclic amines) is 1. The Morgan fingerprint density at radius 2 is 1.90 bits per heavy atom. The molecule has 4 nitrogen and oxygen atoms in total. The summed E-state index contributed by atoms with van der Waals surface area (Å²) in [6.45, 7) is 5.97. The third-order valence-electron chi connectivity index (χ3n) is 5.10. The minimum absolute atomic E-state index is 0.371. The maximum absolute atomic E-state index is 14.0. The van der Waals surface area contributed by atoms with E-state index in [0.717, 1.165) is 12.0 Å². The van der Waals surface area contributed by atoms with Crippen molar-refractivity contribution in [3.63, 3.8) is 0 Å². The number of nitrogens with zero attached hydrogens (tertiary/aromatic N) is 1. The Hall–Kier alpha value is -2.11. The smallest absolute Gasteiger partial charge is 0.410 e. The van der Waals surface area contributed by atoms with Crippen LogP contribution >= 0.6 is 11.6 Å². The van der Waals surface area contributed by atoms with Gasteiger partial charge in [0.1, 0.15) is 11.4 Å². The van der Waals surface area contributed by atoms with Crippen LogP contribution in [0.15, 0.2) is 48.5 Å². The molecule has 0 aliphatic carbocycles. The second-order valence-corrected chi connectivity index (χ2v) is 8.89. The van der Waals surface area contributed by atoms with Crippen LogP contribution in [0.4, 0.5) is 9.18 Å². The Balaban J connectivity index is 1.94. The first kappa shape index (κ1) is 21.6. The van der Waals surface area contributed by atoms with Crippen LogP contribution in [0.3, 0.4) is 0 Å². The molecule has 1 amide bonds. The fraction of sp³-hybridized carbons (Fsp3) is 0.435. The van der Waals surface area contributed by atoms with Crippen LogP contribution in [0.2, 0.25) is 5.02 Å². The van der Waals surface area contributed by atoms with E-state index in [1.807, 2.05) is 32.9 Å². The van der Waals surface area contributed by atoms with E-state index in [1.165, 1.54) is 12.1 Å². The summed E-state index contributed by atoms with van der Waals surface area (Å²) in [6, 6.07) is 12.9. The molecule has 0 radical (unpaired) electrons. The summed E-state index contributed by atoms with van der Waals surface area (Å²) in [4.78, 5) is 14.3. The zero-order valence-electron chi connectivity index (χ0n) is 16.9. The minimum atomic E-state index is -0.923. The number of halogens is 2. The van der Waals surface area contributed by atoms with E-state index in [2.05, 4.69) is 0 Å². The van der Waals surface area contributed by atoms with Crippen molar-refractivity contribution in [1.29, 1.82) is 0 Å². The number of rotatable bonds is 4. The van der Waals surface area contributed by atoms with E-state index in [0.29, 0.717) is 23.6 Å². The van der Waals surface area contributed by atoms with Gasteiger partial charge in [-0.3, -0.25) is 0 Å². The molecule has 1 N–H and O–H groups in total. The Morgan fingerprint density at radius 1 is 1.21 bits per heavy atom. The average molecular weight is 420 g/mol. The lowest BCUT2D eigenvalue weighted by atomic mass is 9.83. The highest BCUT2D eigenvalue weighted by molar-refractivity contribution is 6.30. The first-order valence-corrected chi connectivity index (χ1v) is 10.2. The van der Waals surface area contributed by atoms with Crippen molar-refractivity contribution in [2.24, 2.45) is 0 Å². The lowest BCUT2D eigenvalue weighted by Gasteiger charge is -2.35. The van der Waals surface area contributed by atoms with Gasteiger partial charge >= 0.3 is 6.09 Å². The summed E-state index contributed by atoms with van der Waals surface area (Å²) < 4.78 is 19.5. The number of aliphatic hydroxyl groups excluding tert-OH is 1. The molecule has 6 heteroatoms. The second kappa shape index (κ2) is 8.72. The van der Waals surface area contributed by atoms with Gasteiger partial charge in [0.2, 0.25) is 0 Å². The maximum Gasteiger partial charge on any atom is 0.410 e. The van der Waals surface area contributed by atoms with Gasteiger partial charge in [-0.2, -0.15) is 0 Å². The lowest BCUT2D eigenvalue weighted by Crippen LogP contribution is -2.47.